The predicted molar refractivity (Wildman–Crippen MR) is 129 cm³/mol. The summed E-state index contributed by atoms with van der Waals surface area (Å²) in [5.74, 6) is -3.75. The number of halogens is 3. The van der Waals surface area contributed by atoms with Crippen LogP contribution in [0.1, 0.15) is 27.5 Å². The summed E-state index contributed by atoms with van der Waals surface area (Å²) < 4.78 is 13.5. The summed E-state index contributed by atoms with van der Waals surface area (Å²) in [6, 6.07) is 15.4. The molecule has 6 rings (SSSR count). The summed E-state index contributed by atoms with van der Waals surface area (Å²) in [4.78, 5) is 42.4. The number of hydrogen-bond acceptors (Lipinski definition) is 5. The Hall–Kier alpha value is -3.55. The first-order valence-corrected chi connectivity index (χ1v) is 11.7. The van der Waals surface area contributed by atoms with E-state index in [1.165, 1.54) is 36.4 Å². The Morgan fingerprint density at radius 1 is 0.914 bits per heavy atom. The van der Waals surface area contributed by atoms with Gasteiger partial charge in [0.2, 0.25) is 11.8 Å². The summed E-state index contributed by atoms with van der Waals surface area (Å²) >= 11 is 12.4. The van der Waals surface area contributed by atoms with Gasteiger partial charge in [-0.15, -0.1) is 0 Å². The SMILES string of the molecule is O=C(c1ccc(F)cc1)[C@@H]1[C@@H]2C(=O)N(c3ccc(Cl)cc3Cl)C(=O)[C@H]2[C@@H]2c3ccccc3C=NN12. The first kappa shape index (κ1) is 21.9. The van der Waals surface area contributed by atoms with Crippen molar-refractivity contribution in [2.75, 3.05) is 4.90 Å². The first-order chi connectivity index (χ1) is 16.9. The maximum atomic E-state index is 13.8. The van der Waals surface area contributed by atoms with Crippen LogP contribution in [0.15, 0.2) is 71.8 Å². The number of carbonyl (C=O) groups is 3. The molecule has 0 aliphatic carbocycles. The molecule has 0 unspecified atom stereocenters. The number of benzene rings is 3. The van der Waals surface area contributed by atoms with Crippen LogP contribution in [0.5, 0.6) is 0 Å². The number of amides is 2. The highest BCUT2D eigenvalue weighted by molar-refractivity contribution is 6.38. The van der Waals surface area contributed by atoms with E-state index in [9.17, 15) is 18.8 Å². The fourth-order valence-electron chi connectivity index (χ4n) is 5.35. The number of anilines is 1. The van der Waals surface area contributed by atoms with Crippen LogP contribution in [0.4, 0.5) is 10.1 Å². The van der Waals surface area contributed by atoms with Crippen molar-refractivity contribution in [2.24, 2.45) is 16.9 Å². The molecule has 4 atom stereocenters. The summed E-state index contributed by atoms with van der Waals surface area (Å²) in [6.45, 7) is 0. The molecule has 2 amide bonds. The van der Waals surface area contributed by atoms with E-state index in [-0.39, 0.29) is 16.3 Å². The molecule has 3 aromatic carbocycles. The van der Waals surface area contributed by atoms with E-state index in [0.717, 1.165) is 16.0 Å². The van der Waals surface area contributed by atoms with Gasteiger partial charge in [0.25, 0.3) is 0 Å². The second-order valence-electron chi connectivity index (χ2n) is 8.67. The lowest BCUT2D eigenvalue weighted by atomic mass is 9.83. The van der Waals surface area contributed by atoms with Crippen molar-refractivity contribution < 1.29 is 18.8 Å². The third-order valence-electron chi connectivity index (χ3n) is 6.84. The number of fused-ring (bicyclic) bond motifs is 5. The highest BCUT2D eigenvalue weighted by atomic mass is 35.5. The van der Waals surface area contributed by atoms with Crippen molar-refractivity contribution in [1.82, 2.24) is 5.01 Å². The second-order valence-corrected chi connectivity index (χ2v) is 9.52. The van der Waals surface area contributed by atoms with Gasteiger partial charge in [-0.25, -0.2) is 9.29 Å². The number of ketones is 1. The van der Waals surface area contributed by atoms with Crippen molar-refractivity contribution in [3.63, 3.8) is 0 Å². The van der Waals surface area contributed by atoms with Gasteiger partial charge >= 0.3 is 0 Å². The molecule has 2 fully saturated rings. The minimum absolute atomic E-state index is 0.152. The average Bonchev–Trinajstić information content (AvgIpc) is 3.32. The number of hydrazone groups is 1. The Kier molecular flexibility index (Phi) is 5.02. The molecule has 3 aliphatic rings. The van der Waals surface area contributed by atoms with Gasteiger partial charge in [-0.3, -0.25) is 19.4 Å². The zero-order valence-corrected chi connectivity index (χ0v) is 19.4. The van der Waals surface area contributed by atoms with Gasteiger partial charge in [0, 0.05) is 10.6 Å². The average molecular weight is 508 g/mol. The number of hydrogen-bond donors (Lipinski definition) is 0. The molecule has 174 valence electrons. The normalized spacial score (nSPS) is 24.4. The van der Waals surface area contributed by atoms with Gasteiger partial charge in [0.05, 0.1) is 34.8 Å². The molecule has 0 aromatic heterocycles. The zero-order chi connectivity index (χ0) is 24.4. The third kappa shape index (κ3) is 3.22. The van der Waals surface area contributed by atoms with E-state index in [1.54, 1.807) is 17.3 Å². The molecular formula is C26H16Cl2FN3O3. The van der Waals surface area contributed by atoms with E-state index >= 15 is 0 Å². The lowest BCUT2D eigenvalue weighted by molar-refractivity contribution is -0.124. The Labute approximate surface area is 209 Å². The van der Waals surface area contributed by atoms with Crippen molar-refractivity contribution in [1.29, 1.82) is 0 Å². The Morgan fingerprint density at radius 2 is 1.63 bits per heavy atom. The molecule has 0 N–H and O–H groups in total. The number of rotatable bonds is 3. The number of carbonyl (C=O) groups excluding carboxylic acids is 3. The molecule has 6 nitrogen and oxygen atoms in total. The van der Waals surface area contributed by atoms with Crippen LogP contribution >= 0.6 is 23.2 Å². The largest absolute Gasteiger partial charge is 0.292 e. The molecule has 0 saturated carbocycles. The first-order valence-electron chi connectivity index (χ1n) is 10.9. The summed E-state index contributed by atoms with van der Waals surface area (Å²) in [6.07, 6.45) is 1.63. The van der Waals surface area contributed by atoms with Crippen LogP contribution in [0.3, 0.4) is 0 Å². The Bertz CT molecular complexity index is 1440. The number of Topliss-reactive ketones (excluding diaryl/α,β-unsaturated/α-hetero) is 1. The second kappa shape index (κ2) is 8.00. The fraction of sp³-hybridized carbons (Fsp3) is 0.154. The summed E-state index contributed by atoms with van der Waals surface area (Å²) in [7, 11) is 0. The molecule has 0 radical (unpaired) electrons. The van der Waals surface area contributed by atoms with Gasteiger partial charge in [-0.1, -0.05) is 47.5 Å². The molecule has 3 heterocycles. The topological polar surface area (TPSA) is 70.0 Å². The van der Waals surface area contributed by atoms with Crippen LogP contribution in [0.25, 0.3) is 0 Å². The van der Waals surface area contributed by atoms with E-state index in [1.807, 2.05) is 24.3 Å². The van der Waals surface area contributed by atoms with Crippen LogP contribution in [0.2, 0.25) is 10.0 Å². The van der Waals surface area contributed by atoms with Crippen molar-refractivity contribution in [3.05, 3.63) is 99.3 Å². The van der Waals surface area contributed by atoms with Crippen LogP contribution in [0, 0.1) is 17.7 Å². The highest BCUT2D eigenvalue weighted by Gasteiger charge is 2.65. The van der Waals surface area contributed by atoms with Gasteiger partial charge in [0.1, 0.15) is 11.9 Å². The lowest BCUT2D eigenvalue weighted by Crippen LogP contribution is -2.44. The third-order valence-corrected chi connectivity index (χ3v) is 7.38. The molecule has 0 bridgehead atoms. The summed E-state index contributed by atoms with van der Waals surface area (Å²) in [5.41, 5.74) is 2.06. The zero-order valence-electron chi connectivity index (χ0n) is 17.9. The van der Waals surface area contributed by atoms with Crippen molar-refractivity contribution in [2.45, 2.75) is 12.1 Å². The monoisotopic (exact) mass is 507 g/mol. The standard InChI is InChI=1S/C26H16Cl2FN3O3/c27-15-7-10-19(18(28)11-15)31-25(34)20-21(26(31)35)23(24(33)13-5-8-16(29)9-6-13)32-22(20)17-4-2-1-3-14(17)12-30-32/h1-12,20-23H/t20-,21-,22+,23+/m1/s1. The fourth-order valence-corrected chi connectivity index (χ4v) is 5.85. The minimum atomic E-state index is -1.05. The molecule has 35 heavy (non-hydrogen) atoms. The van der Waals surface area contributed by atoms with Gasteiger partial charge < -0.3 is 0 Å². The van der Waals surface area contributed by atoms with E-state index in [2.05, 4.69) is 5.10 Å². The summed E-state index contributed by atoms with van der Waals surface area (Å²) in [5, 5.41) is 6.58. The molecule has 3 aromatic rings. The molecule has 3 aliphatic heterocycles. The molecular weight excluding hydrogens is 492 g/mol. The predicted octanol–water partition coefficient (Wildman–Crippen LogP) is 4.89. The number of nitrogens with zero attached hydrogens (tertiary/aromatic N) is 3. The molecule has 2 saturated heterocycles. The highest BCUT2D eigenvalue weighted by Crippen LogP contribution is 2.53. The van der Waals surface area contributed by atoms with Gasteiger partial charge in [-0.2, -0.15) is 5.10 Å². The Balaban J connectivity index is 1.50. The van der Waals surface area contributed by atoms with E-state index in [0.29, 0.717) is 5.02 Å². The van der Waals surface area contributed by atoms with Crippen LogP contribution in [-0.2, 0) is 9.59 Å². The van der Waals surface area contributed by atoms with Gasteiger partial charge in [0.15, 0.2) is 5.78 Å². The van der Waals surface area contributed by atoms with Crippen molar-refractivity contribution >= 4 is 52.7 Å². The smallest absolute Gasteiger partial charge is 0.240 e. The van der Waals surface area contributed by atoms with Crippen LogP contribution in [-0.4, -0.2) is 34.9 Å². The van der Waals surface area contributed by atoms with E-state index in [4.69, 9.17) is 23.2 Å². The van der Waals surface area contributed by atoms with Gasteiger partial charge in [-0.05, 0) is 53.6 Å². The van der Waals surface area contributed by atoms with Crippen molar-refractivity contribution in [3.8, 4) is 0 Å². The minimum Gasteiger partial charge on any atom is -0.292 e. The van der Waals surface area contributed by atoms with E-state index < -0.39 is 47.3 Å². The quantitative estimate of drug-likeness (QED) is 0.373. The maximum Gasteiger partial charge on any atom is 0.240 e. The number of imide groups is 1. The Morgan fingerprint density at radius 3 is 2.37 bits per heavy atom. The molecule has 9 heteroatoms. The lowest BCUT2D eigenvalue weighted by Gasteiger charge is -2.33. The van der Waals surface area contributed by atoms with Crippen LogP contribution < -0.4 is 4.90 Å². The maximum absolute atomic E-state index is 13.8. The molecule has 0 spiro atoms.